The minimum atomic E-state index is -0.597. The second kappa shape index (κ2) is 4.60. The van der Waals surface area contributed by atoms with E-state index in [0.29, 0.717) is 24.4 Å². The van der Waals surface area contributed by atoms with Crippen molar-refractivity contribution in [3.63, 3.8) is 0 Å². The summed E-state index contributed by atoms with van der Waals surface area (Å²) in [7, 11) is 0. The Morgan fingerprint density at radius 3 is 2.65 bits per heavy atom. The van der Waals surface area contributed by atoms with E-state index in [1.807, 2.05) is 0 Å². The molecule has 0 atom stereocenters. The summed E-state index contributed by atoms with van der Waals surface area (Å²) in [5.74, 6) is -0.0667. The molecule has 1 spiro atoms. The highest BCUT2D eigenvalue weighted by Crippen LogP contribution is 2.34. The van der Waals surface area contributed by atoms with Gasteiger partial charge in [-0.15, -0.1) is 0 Å². The number of nitrogens with zero attached hydrogens (tertiary/aromatic N) is 1. The van der Waals surface area contributed by atoms with Crippen molar-refractivity contribution >= 4 is 29.1 Å². The zero-order valence-electron chi connectivity index (χ0n) is 9.70. The molecule has 0 aromatic rings. The third kappa shape index (κ3) is 2.26. The third-order valence-electron chi connectivity index (χ3n) is 3.51. The molecule has 2 fully saturated rings. The van der Waals surface area contributed by atoms with Crippen LogP contribution in [0.5, 0.6) is 0 Å². The average molecular weight is 255 g/mol. The number of carbonyl (C=O) groups is 2. The van der Waals surface area contributed by atoms with Gasteiger partial charge < -0.3 is 11.1 Å². The number of amides is 3. The van der Waals surface area contributed by atoms with Crippen LogP contribution in [0.1, 0.15) is 38.5 Å². The van der Waals surface area contributed by atoms with Crippen LogP contribution in [0.25, 0.3) is 0 Å². The van der Waals surface area contributed by atoms with Crippen LogP contribution < -0.4 is 11.1 Å². The lowest BCUT2D eigenvalue weighted by molar-refractivity contribution is -0.131. The average Bonchev–Trinajstić information content (AvgIpc) is 2.80. The largest absolute Gasteiger partial charge is 0.393 e. The number of thiocarbonyl (C=S) groups is 1. The molecule has 6 heteroatoms. The fraction of sp³-hybridized carbons (Fsp3) is 0.727. The molecule has 1 aliphatic carbocycles. The molecule has 94 valence electrons. The Morgan fingerprint density at radius 2 is 2.06 bits per heavy atom. The number of nitrogens with two attached hydrogens (primary N) is 1. The van der Waals surface area contributed by atoms with Crippen molar-refractivity contribution in [2.45, 2.75) is 44.1 Å². The van der Waals surface area contributed by atoms with E-state index in [0.717, 1.165) is 25.7 Å². The smallest absolute Gasteiger partial charge is 0.325 e. The Balaban J connectivity index is 1.97. The number of carbonyl (C=O) groups excluding carboxylic acids is 2. The van der Waals surface area contributed by atoms with Gasteiger partial charge in [-0.3, -0.25) is 9.69 Å². The van der Waals surface area contributed by atoms with Gasteiger partial charge in [0, 0.05) is 6.54 Å². The zero-order valence-corrected chi connectivity index (χ0v) is 10.5. The number of imide groups is 1. The van der Waals surface area contributed by atoms with Crippen molar-refractivity contribution in [3.8, 4) is 0 Å². The van der Waals surface area contributed by atoms with Crippen LogP contribution in [0.3, 0.4) is 0 Å². The van der Waals surface area contributed by atoms with E-state index < -0.39 is 5.54 Å². The van der Waals surface area contributed by atoms with Crippen LogP contribution in [0.4, 0.5) is 4.79 Å². The Labute approximate surface area is 106 Å². The van der Waals surface area contributed by atoms with Gasteiger partial charge in [-0.1, -0.05) is 25.1 Å². The molecule has 3 N–H and O–H groups in total. The molecule has 1 aliphatic heterocycles. The lowest BCUT2D eigenvalue weighted by Crippen LogP contribution is -2.44. The SMILES string of the molecule is NC(=S)CCCN1C(=O)NC2(CCCC2)C1=O. The predicted octanol–water partition coefficient (Wildman–Crippen LogP) is 0.917. The van der Waals surface area contributed by atoms with Crippen molar-refractivity contribution in [2.75, 3.05) is 6.54 Å². The first kappa shape index (κ1) is 12.3. The maximum absolute atomic E-state index is 12.2. The van der Waals surface area contributed by atoms with E-state index in [9.17, 15) is 9.59 Å². The second-order valence-corrected chi connectivity index (χ2v) is 5.27. The number of hydrogen-bond acceptors (Lipinski definition) is 3. The van der Waals surface area contributed by atoms with Crippen molar-refractivity contribution in [2.24, 2.45) is 5.73 Å². The lowest BCUT2D eigenvalue weighted by atomic mass is 9.98. The summed E-state index contributed by atoms with van der Waals surface area (Å²) < 4.78 is 0. The monoisotopic (exact) mass is 255 g/mol. The molecule has 3 amide bonds. The normalized spacial score (nSPS) is 22.2. The molecule has 17 heavy (non-hydrogen) atoms. The summed E-state index contributed by atoms with van der Waals surface area (Å²) >= 11 is 4.77. The van der Waals surface area contributed by atoms with Gasteiger partial charge in [-0.05, 0) is 25.7 Å². The van der Waals surface area contributed by atoms with E-state index in [1.165, 1.54) is 4.90 Å². The fourth-order valence-corrected chi connectivity index (χ4v) is 2.75. The van der Waals surface area contributed by atoms with Gasteiger partial charge >= 0.3 is 6.03 Å². The zero-order chi connectivity index (χ0) is 12.5. The highest BCUT2D eigenvalue weighted by Gasteiger charge is 2.51. The van der Waals surface area contributed by atoms with E-state index in [1.54, 1.807) is 0 Å². The van der Waals surface area contributed by atoms with Crippen LogP contribution in [0.2, 0.25) is 0 Å². The van der Waals surface area contributed by atoms with Crippen molar-refractivity contribution in [1.29, 1.82) is 0 Å². The molecule has 0 aromatic carbocycles. The van der Waals surface area contributed by atoms with E-state index in [4.69, 9.17) is 18.0 Å². The number of urea groups is 1. The molecule has 2 rings (SSSR count). The Bertz CT molecular complexity index is 364. The predicted molar refractivity (Wildman–Crippen MR) is 67.5 cm³/mol. The van der Waals surface area contributed by atoms with Crippen LogP contribution in [-0.2, 0) is 4.79 Å². The number of nitrogens with one attached hydrogen (secondary N) is 1. The number of rotatable bonds is 4. The van der Waals surface area contributed by atoms with Crippen molar-refractivity contribution in [3.05, 3.63) is 0 Å². The Morgan fingerprint density at radius 1 is 1.41 bits per heavy atom. The Hall–Kier alpha value is -1.17. The summed E-state index contributed by atoms with van der Waals surface area (Å²) in [5.41, 5.74) is 4.79. The van der Waals surface area contributed by atoms with Gasteiger partial charge in [-0.2, -0.15) is 0 Å². The molecule has 0 unspecified atom stereocenters. The summed E-state index contributed by atoms with van der Waals surface area (Å²) in [6.45, 7) is 0.407. The topological polar surface area (TPSA) is 75.4 Å². The molecule has 0 bridgehead atoms. The minimum absolute atomic E-state index is 0.0667. The first-order chi connectivity index (χ1) is 8.05. The fourth-order valence-electron chi connectivity index (χ4n) is 2.61. The summed E-state index contributed by atoms with van der Waals surface area (Å²) in [5, 5.41) is 2.84. The van der Waals surface area contributed by atoms with Gasteiger partial charge in [0.15, 0.2) is 0 Å². The first-order valence-electron chi connectivity index (χ1n) is 5.98. The molecule has 2 aliphatic rings. The summed E-state index contributed by atoms with van der Waals surface area (Å²) in [6.07, 6.45) is 4.76. The van der Waals surface area contributed by atoms with Crippen LogP contribution in [0.15, 0.2) is 0 Å². The van der Waals surface area contributed by atoms with E-state index in [2.05, 4.69) is 5.32 Å². The molecule has 0 radical (unpaired) electrons. The van der Waals surface area contributed by atoms with Gasteiger partial charge in [0.1, 0.15) is 5.54 Å². The van der Waals surface area contributed by atoms with E-state index in [-0.39, 0.29) is 11.9 Å². The lowest BCUT2D eigenvalue weighted by Gasteiger charge is -2.19. The molecule has 1 saturated heterocycles. The molecule has 0 aromatic heterocycles. The van der Waals surface area contributed by atoms with Crippen LogP contribution >= 0.6 is 12.2 Å². The first-order valence-corrected chi connectivity index (χ1v) is 6.38. The van der Waals surface area contributed by atoms with Gasteiger partial charge in [0.2, 0.25) is 0 Å². The quantitative estimate of drug-likeness (QED) is 0.578. The maximum Gasteiger partial charge on any atom is 0.325 e. The van der Waals surface area contributed by atoms with Crippen molar-refractivity contribution < 1.29 is 9.59 Å². The Kier molecular flexibility index (Phi) is 3.33. The minimum Gasteiger partial charge on any atom is -0.393 e. The third-order valence-corrected chi connectivity index (χ3v) is 3.71. The van der Waals surface area contributed by atoms with Gasteiger partial charge in [-0.25, -0.2) is 4.79 Å². The molecular weight excluding hydrogens is 238 g/mol. The van der Waals surface area contributed by atoms with Crippen LogP contribution in [0, 0.1) is 0 Å². The van der Waals surface area contributed by atoms with Gasteiger partial charge in [0.05, 0.1) is 4.99 Å². The highest BCUT2D eigenvalue weighted by atomic mass is 32.1. The van der Waals surface area contributed by atoms with Crippen molar-refractivity contribution in [1.82, 2.24) is 10.2 Å². The molecular formula is C11H17N3O2S. The second-order valence-electron chi connectivity index (χ2n) is 4.75. The maximum atomic E-state index is 12.2. The summed E-state index contributed by atoms with van der Waals surface area (Å²) in [4.78, 5) is 25.7. The molecule has 5 nitrogen and oxygen atoms in total. The molecule has 1 saturated carbocycles. The van der Waals surface area contributed by atoms with Crippen LogP contribution in [-0.4, -0.2) is 33.9 Å². The van der Waals surface area contributed by atoms with Gasteiger partial charge in [0.25, 0.3) is 5.91 Å². The molecule has 1 heterocycles. The standard InChI is InChI=1S/C11H17N3O2S/c12-8(17)4-3-7-14-9(15)11(13-10(14)16)5-1-2-6-11/h1-7H2,(H2,12,17)(H,13,16). The number of hydrogen-bond donors (Lipinski definition) is 2. The highest BCUT2D eigenvalue weighted by molar-refractivity contribution is 7.80. The summed E-state index contributed by atoms with van der Waals surface area (Å²) in [6, 6.07) is -0.264. The van der Waals surface area contributed by atoms with E-state index >= 15 is 0 Å².